The van der Waals surface area contributed by atoms with E-state index in [0.717, 1.165) is 11.1 Å². The van der Waals surface area contributed by atoms with E-state index in [-0.39, 0.29) is 13.0 Å². The summed E-state index contributed by atoms with van der Waals surface area (Å²) < 4.78 is 5.12. The molecule has 0 aromatic heterocycles. The van der Waals surface area contributed by atoms with Crippen molar-refractivity contribution in [2.24, 2.45) is 0 Å². The Morgan fingerprint density at radius 2 is 1.52 bits per heavy atom. The minimum atomic E-state index is -1.07. The molecule has 0 unspecified atom stereocenters. The minimum absolute atomic E-state index is 0.144. The Kier molecular flexibility index (Phi) is 6.32. The highest BCUT2D eigenvalue weighted by Gasteiger charge is 2.21. The van der Waals surface area contributed by atoms with Crippen LogP contribution in [0.25, 0.3) is 0 Å². The highest BCUT2D eigenvalue weighted by molar-refractivity contribution is 5.81. The second-order valence-corrected chi connectivity index (χ2v) is 5.11. The monoisotopic (exact) mass is 313 g/mol. The van der Waals surface area contributed by atoms with Gasteiger partial charge in [0, 0.05) is 6.54 Å². The smallest absolute Gasteiger partial charge is 0.321 e. The Labute approximate surface area is 134 Å². The van der Waals surface area contributed by atoms with E-state index in [0.29, 0.717) is 6.54 Å². The number of hydrogen-bond donors (Lipinski definition) is 2. The third kappa shape index (κ3) is 5.92. The van der Waals surface area contributed by atoms with Gasteiger partial charge in [-0.05, 0) is 11.1 Å². The molecule has 0 aliphatic heterocycles. The number of nitrogens with one attached hydrogen (secondary N) is 1. The van der Waals surface area contributed by atoms with E-state index < -0.39 is 18.0 Å². The summed E-state index contributed by atoms with van der Waals surface area (Å²) in [6.07, 6.45) is -0.213. The van der Waals surface area contributed by atoms with Crippen molar-refractivity contribution in [2.75, 3.05) is 0 Å². The fourth-order valence-electron chi connectivity index (χ4n) is 2.05. The van der Waals surface area contributed by atoms with Crippen LogP contribution in [0.3, 0.4) is 0 Å². The van der Waals surface area contributed by atoms with Gasteiger partial charge in [-0.1, -0.05) is 60.7 Å². The van der Waals surface area contributed by atoms with Gasteiger partial charge >= 0.3 is 11.9 Å². The molecule has 0 fully saturated rings. The number of esters is 1. The first-order valence-electron chi connectivity index (χ1n) is 7.35. The maximum Gasteiger partial charge on any atom is 0.321 e. The quantitative estimate of drug-likeness (QED) is 0.732. The Bertz CT molecular complexity index is 628. The molecule has 2 aromatic rings. The zero-order valence-electron chi connectivity index (χ0n) is 12.6. The highest BCUT2D eigenvalue weighted by atomic mass is 16.5. The first-order valence-corrected chi connectivity index (χ1v) is 7.35. The molecule has 120 valence electrons. The zero-order valence-corrected chi connectivity index (χ0v) is 12.6. The molecule has 2 rings (SSSR count). The fourth-order valence-corrected chi connectivity index (χ4v) is 2.05. The van der Waals surface area contributed by atoms with E-state index in [1.807, 2.05) is 60.7 Å². The molecular formula is C18H19NO4. The number of rotatable bonds is 8. The molecule has 1 atom stereocenters. The maximum atomic E-state index is 11.8. The maximum absolute atomic E-state index is 11.8. The predicted molar refractivity (Wildman–Crippen MR) is 85.6 cm³/mol. The van der Waals surface area contributed by atoms with Crippen molar-refractivity contribution in [1.82, 2.24) is 5.32 Å². The Morgan fingerprint density at radius 3 is 2.09 bits per heavy atom. The molecule has 5 heteroatoms. The molecule has 0 bridgehead atoms. The second-order valence-electron chi connectivity index (χ2n) is 5.11. The highest BCUT2D eigenvalue weighted by Crippen LogP contribution is 2.05. The molecule has 0 amide bonds. The van der Waals surface area contributed by atoms with Crippen LogP contribution < -0.4 is 5.32 Å². The largest absolute Gasteiger partial charge is 0.480 e. The molecule has 0 heterocycles. The van der Waals surface area contributed by atoms with E-state index in [9.17, 15) is 14.7 Å². The molecule has 2 N–H and O–H groups in total. The van der Waals surface area contributed by atoms with Crippen LogP contribution in [0.15, 0.2) is 60.7 Å². The van der Waals surface area contributed by atoms with E-state index in [4.69, 9.17) is 4.74 Å². The molecule has 0 saturated carbocycles. The first kappa shape index (κ1) is 16.7. The molecular weight excluding hydrogens is 294 g/mol. The number of carbonyl (C=O) groups is 2. The molecule has 0 aliphatic carbocycles. The molecule has 0 saturated heterocycles. The van der Waals surface area contributed by atoms with E-state index >= 15 is 0 Å². The van der Waals surface area contributed by atoms with Crippen LogP contribution in [0.2, 0.25) is 0 Å². The van der Waals surface area contributed by atoms with Crippen LogP contribution in [0, 0.1) is 0 Å². The summed E-state index contributed by atoms with van der Waals surface area (Å²) in [6, 6.07) is 17.7. The van der Waals surface area contributed by atoms with Gasteiger partial charge in [0.1, 0.15) is 12.6 Å². The molecule has 0 aliphatic rings. The lowest BCUT2D eigenvalue weighted by atomic mass is 10.1. The molecule has 0 radical (unpaired) electrons. The summed E-state index contributed by atoms with van der Waals surface area (Å²) >= 11 is 0. The van der Waals surface area contributed by atoms with Gasteiger partial charge in [0.25, 0.3) is 0 Å². The lowest BCUT2D eigenvalue weighted by molar-refractivity contribution is -0.150. The fraction of sp³-hybridized carbons (Fsp3) is 0.222. The molecule has 5 nitrogen and oxygen atoms in total. The van der Waals surface area contributed by atoms with Gasteiger partial charge in [-0.3, -0.25) is 14.9 Å². The molecule has 2 aromatic carbocycles. The summed E-state index contributed by atoms with van der Waals surface area (Å²) in [5.41, 5.74) is 1.82. The Balaban J connectivity index is 1.81. The SMILES string of the molecule is O=C(C[C@@H](NCc1ccccc1)C(=O)O)OCc1ccccc1. The van der Waals surface area contributed by atoms with Crippen molar-refractivity contribution in [3.8, 4) is 0 Å². The van der Waals surface area contributed by atoms with Crippen LogP contribution in [-0.4, -0.2) is 23.1 Å². The third-order valence-corrected chi connectivity index (χ3v) is 3.31. The number of ether oxygens (including phenoxy) is 1. The Morgan fingerprint density at radius 1 is 0.957 bits per heavy atom. The lowest BCUT2D eigenvalue weighted by Crippen LogP contribution is -2.38. The van der Waals surface area contributed by atoms with Crippen molar-refractivity contribution in [1.29, 1.82) is 0 Å². The normalized spacial score (nSPS) is 11.7. The summed E-state index contributed by atoms with van der Waals surface area (Å²) in [4.78, 5) is 23.1. The number of carboxylic acid groups (broad SMARTS) is 1. The van der Waals surface area contributed by atoms with Crippen molar-refractivity contribution >= 4 is 11.9 Å². The number of hydrogen-bond acceptors (Lipinski definition) is 4. The summed E-state index contributed by atoms with van der Waals surface area (Å²) in [5, 5.41) is 12.1. The van der Waals surface area contributed by atoms with Crippen LogP contribution in [0.4, 0.5) is 0 Å². The minimum Gasteiger partial charge on any atom is -0.480 e. The molecule has 23 heavy (non-hydrogen) atoms. The van der Waals surface area contributed by atoms with Gasteiger partial charge in [0.15, 0.2) is 0 Å². The van der Waals surface area contributed by atoms with Crippen LogP contribution >= 0.6 is 0 Å². The number of carbonyl (C=O) groups excluding carboxylic acids is 1. The van der Waals surface area contributed by atoms with Gasteiger partial charge in [-0.2, -0.15) is 0 Å². The summed E-state index contributed by atoms with van der Waals surface area (Å²) in [7, 11) is 0. The van der Waals surface area contributed by atoms with Gasteiger partial charge in [-0.25, -0.2) is 0 Å². The van der Waals surface area contributed by atoms with Crippen LogP contribution in [0.5, 0.6) is 0 Å². The second kappa shape index (κ2) is 8.70. The van der Waals surface area contributed by atoms with Gasteiger partial charge in [-0.15, -0.1) is 0 Å². The Hall–Kier alpha value is -2.66. The van der Waals surface area contributed by atoms with E-state index in [1.165, 1.54) is 0 Å². The molecule has 0 spiro atoms. The summed E-state index contributed by atoms with van der Waals surface area (Å²) in [6.45, 7) is 0.522. The standard InChI is InChI=1S/C18H19NO4/c20-17(23-13-15-9-5-2-6-10-15)11-16(18(21)22)19-12-14-7-3-1-4-8-14/h1-10,16,19H,11-13H2,(H,21,22)/t16-/m1/s1. The van der Waals surface area contributed by atoms with Crippen molar-refractivity contribution < 1.29 is 19.4 Å². The average molecular weight is 313 g/mol. The predicted octanol–water partition coefficient (Wildman–Crippen LogP) is 2.36. The number of carboxylic acids is 1. The number of benzene rings is 2. The van der Waals surface area contributed by atoms with Crippen molar-refractivity contribution in [2.45, 2.75) is 25.6 Å². The van der Waals surface area contributed by atoms with Gasteiger partial charge in [0.2, 0.25) is 0 Å². The average Bonchev–Trinajstić information content (AvgIpc) is 2.58. The topological polar surface area (TPSA) is 75.6 Å². The zero-order chi connectivity index (χ0) is 16.5. The van der Waals surface area contributed by atoms with E-state index in [1.54, 1.807) is 0 Å². The van der Waals surface area contributed by atoms with Crippen molar-refractivity contribution in [3.05, 3.63) is 71.8 Å². The van der Waals surface area contributed by atoms with Crippen molar-refractivity contribution in [3.63, 3.8) is 0 Å². The van der Waals surface area contributed by atoms with E-state index in [2.05, 4.69) is 5.32 Å². The third-order valence-electron chi connectivity index (χ3n) is 3.31. The lowest BCUT2D eigenvalue weighted by Gasteiger charge is -2.14. The van der Waals surface area contributed by atoms with Crippen LogP contribution in [0.1, 0.15) is 17.5 Å². The summed E-state index contributed by atoms with van der Waals surface area (Å²) in [5.74, 6) is -1.61. The van der Waals surface area contributed by atoms with Gasteiger partial charge in [0.05, 0.1) is 6.42 Å². The first-order chi connectivity index (χ1) is 11.1. The van der Waals surface area contributed by atoms with Gasteiger partial charge < -0.3 is 9.84 Å². The number of aliphatic carboxylic acids is 1. The van der Waals surface area contributed by atoms with Crippen LogP contribution in [-0.2, 0) is 27.5 Å².